The van der Waals surface area contributed by atoms with Crippen molar-refractivity contribution in [3.8, 4) is 0 Å². The lowest BCUT2D eigenvalue weighted by Gasteiger charge is -2.38. The van der Waals surface area contributed by atoms with Crippen LogP contribution >= 0.6 is 0 Å². The topological polar surface area (TPSA) is 90.7 Å². The van der Waals surface area contributed by atoms with Crippen LogP contribution in [0, 0.1) is 0 Å². The highest BCUT2D eigenvalue weighted by Gasteiger charge is 2.35. The molecule has 8 heteroatoms. The molecule has 2 aliphatic heterocycles. The normalized spacial score (nSPS) is 19.9. The summed E-state index contributed by atoms with van der Waals surface area (Å²) >= 11 is 0. The summed E-state index contributed by atoms with van der Waals surface area (Å²) in [5.41, 5.74) is -0.0448. The van der Waals surface area contributed by atoms with Gasteiger partial charge in [0.05, 0.1) is 18.5 Å². The molecule has 3 heterocycles. The van der Waals surface area contributed by atoms with Gasteiger partial charge in [0.2, 0.25) is 5.91 Å². The van der Waals surface area contributed by atoms with Crippen molar-refractivity contribution in [2.75, 3.05) is 38.0 Å². The number of nitrogens with zero attached hydrogens (tertiary/aromatic N) is 4. The Balaban J connectivity index is 1.26. The van der Waals surface area contributed by atoms with E-state index in [1.807, 2.05) is 35.2 Å². The number of carbonyl (C=O) groups excluding carboxylic acids is 1. The lowest BCUT2D eigenvalue weighted by molar-refractivity contribution is -0.136. The van der Waals surface area contributed by atoms with Gasteiger partial charge in [0.15, 0.2) is 0 Å². The summed E-state index contributed by atoms with van der Waals surface area (Å²) in [6.07, 6.45) is 5.36. The fraction of sp³-hybridized carbons (Fsp3) is 0.593. The van der Waals surface area contributed by atoms with Gasteiger partial charge in [0, 0.05) is 38.2 Å². The zero-order valence-electron chi connectivity index (χ0n) is 21.0. The third kappa shape index (κ3) is 6.70. The summed E-state index contributed by atoms with van der Waals surface area (Å²) in [6.45, 7) is 8.43. The average Bonchev–Trinajstić information content (AvgIpc) is 3.40. The maximum Gasteiger partial charge on any atom is 0.255 e. The first-order chi connectivity index (χ1) is 16.8. The first kappa shape index (κ1) is 25.4. The molecular weight excluding hydrogens is 442 g/mol. The summed E-state index contributed by atoms with van der Waals surface area (Å²) in [5.74, 6) is 0.831. The molecule has 0 aliphatic carbocycles. The van der Waals surface area contributed by atoms with Crippen molar-refractivity contribution in [2.24, 2.45) is 0 Å². The van der Waals surface area contributed by atoms with Crippen LogP contribution in [0.3, 0.4) is 0 Å². The summed E-state index contributed by atoms with van der Waals surface area (Å²) < 4.78 is 1.48. The minimum absolute atomic E-state index is 0.112. The van der Waals surface area contributed by atoms with Gasteiger partial charge in [-0.25, -0.2) is 4.98 Å². The van der Waals surface area contributed by atoms with Crippen LogP contribution in [0.5, 0.6) is 0 Å². The van der Waals surface area contributed by atoms with Gasteiger partial charge in [-0.15, -0.1) is 0 Å². The van der Waals surface area contributed by atoms with E-state index < -0.39 is 5.60 Å². The Kier molecular flexibility index (Phi) is 8.23. The molecule has 2 unspecified atom stereocenters. The smallest absolute Gasteiger partial charge is 0.255 e. The Labute approximate surface area is 208 Å². The molecule has 2 aliphatic rings. The van der Waals surface area contributed by atoms with Gasteiger partial charge in [-0.3, -0.25) is 19.1 Å². The maximum absolute atomic E-state index is 12.8. The minimum atomic E-state index is -1.02. The lowest BCUT2D eigenvalue weighted by Crippen LogP contribution is -2.49. The Morgan fingerprint density at radius 3 is 2.46 bits per heavy atom. The molecule has 0 saturated carbocycles. The fourth-order valence-electron chi connectivity index (χ4n) is 5.14. The molecule has 8 nitrogen and oxygen atoms in total. The summed E-state index contributed by atoms with van der Waals surface area (Å²) in [7, 11) is 0. The van der Waals surface area contributed by atoms with Gasteiger partial charge in [-0.2, -0.15) is 0 Å². The fourth-order valence-corrected chi connectivity index (χ4v) is 5.14. The number of aliphatic hydroxyl groups is 1. The van der Waals surface area contributed by atoms with E-state index in [1.165, 1.54) is 29.8 Å². The number of aromatic nitrogens is 2. The third-order valence-corrected chi connectivity index (χ3v) is 7.58. The number of benzene rings is 1. The molecule has 35 heavy (non-hydrogen) atoms. The van der Waals surface area contributed by atoms with E-state index in [2.05, 4.69) is 29.0 Å². The first-order valence-corrected chi connectivity index (χ1v) is 12.9. The highest BCUT2D eigenvalue weighted by atomic mass is 16.3. The van der Waals surface area contributed by atoms with E-state index in [9.17, 15) is 14.7 Å². The molecule has 4 rings (SSSR count). The molecule has 2 N–H and O–H groups in total. The molecule has 2 saturated heterocycles. The second-order valence-electron chi connectivity index (χ2n) is 10.3. The van der Waals surface area contributed by atoms with Crippen molar-refractivity contribution in [1.29, 1.82) is 0 Å². The van der Waals surface area contributed by atoms with Crippen LogP contribution in [0.15, 0.2) is 47.5 Å². The predicted molar refractivity (Wildman–Crippen MR) is 137 cm³/mol. The van der Waals surface area contributed by atoms with Gasteiger partial charge in [-0.05, 0) is 57.2 Å². The molecule has 0 radical (unpaired) electrons. The zero-order valence-corrected chi connectivity index (χ0v) is 21.0. The Hall–Kier alpha value is -2.71. The molecule has 190 valence electrons. The first-order valence-electron chi connectivity index (χ1n) is 12.9. The van der Waals surface area contributed by atoms with E-state index in [1.54, 1.807) is 0 Å². The molecule has 2 atom stereocenters. The Morgan fingerprint density at radius 2 is 1.80 bits per heavy atom. The van der Waals surface area contributed by atoms with E-state index >= 15 is 0 Å². The maximum atomic E-state index is 12.8. The second kappa shape index (κ2) is 11.4. The minimum Gasteiger partial charge on any atom is -0.388 e. The van der Waals surface area contributed by atoms with Crippen molar-refractivity contribution in [3.05, 3.63) is 58.6 Å². The molecule has 1 aromatic carbocycles. The number of carbonyl (C=O) groups is 1. The highest BCUT2D eigenvalue weighted by Crippen LogP contribution is 2.26. The van der Waals surface area contributed by atoms with Gasteiger partial charge in [-0.1, -0.05) is 37.3 Å². The van der Waals surface area contributed by atoms with Crippen molar-refractivity contribution in [1.82, 2.24) is 19.4 Å². The van der Waals surface area contributed by atoms with E-state index in [0.717, 1.165) is 25.2 Å². The molecule has 1 aromatic heterocycles. The summed E-state index contributed by atoms with van der Waals surface area (Å²) in [4.78, 5) is 34.2. The summed E-state index contributed by atoms with van der Waals surface area (Å²) in [6, 6.07) is 12.0. The molecule has 0 spiro atoms. The third-order valence-electron chi connectivity index (χ3n) is 7.58. The van der Waals surface area contributed by atoms with Gasteiger partial charge in [0.25, 0.3) is 5.56 Å². The number of anilines is 1. The number of likely N-dealkylation sites (tertiary alicyclic amines) is 2. The van der Waals surface area contributed by atoms with Crippen LogP contribution in [0.25, 0.3) is 0 Å². The highest BCUT2D eigenvalue weighted by molar-refractivity contribution is 5.77. The van der Waals surface area contributed by atoms with Gasteiger partial charge in [0.1, 0.15) is 5.82 Å². The number of amides is 1. The Morgan fingerprint density at radius 1 is 1.11 bits per heavy atom. The van der Waals surface area contributed by atoms with Gasteiger partial charge >= 0.3 is 0 Å². The molecule has 0 bridgehead atoms. The van der Waals surface area contributed by atoms with E-state index in [4.69, 9.17) is 0 Å². The van der Waals surface area contributed by atoms with Crippen LogP contribution in [0.4, 0.5) is 5.82 Å². The second-order valence-corrected chi connectivity index (χ2v) is 10.3. The standard InChI is InChI=1S/C27H39N5O3/c1-21(23-8-4-3-5-9-23)16-25(33)31-14-10-27(35,11-15-31)19-32-20-29-24(17-26(32)34)28-18-22(2)30-12-6-7-13-30/h3-5,8-9,17,20-22,28,35H,6-7,10-16,18-19H2,1-2H3. The Bertz CT molecular complexity index is 1030. The lowest BCUT2D eigenvalue weighted by atomic mass is 9.90. The summed E-state index contributed by atoms with van der Waals surface area (Å²) in [5, 5.41) is 14.4. The largest absolute Gasteiger partial charge is 0.388 e. The average molecular weight is 482 g/mol. The number of rotatable bonds is 9. The van der Waals surface area contributed by atoms with Crippen LogP contribution in [-0.2, 0) is 11.3 Å². The van der Waals surface area contributed by atoms with Crippen molar-refractivity contribution >= 4 is 11.7 Å². The quantitative estimate of drug-likeness (QED) is 0.572. The van der Waals surface area contributed by atoms with Crippen LogP contribution in [0.2, 0.25) is 0 Å². The van der Waals surface area contributed by atoms with Crippen LogP contribution in [-0.4, -0.2) is 74.7 Å². The number of piperidine rings is 1. The number of hydrogen-bond acceptors (Lipinski definition) is 6. The SMILES string of the molecule is CC(CC(=O)N1CCC(O)(Cn2cnc(NCC(C)N3CCCC3)cc2=O)CC1)c1ccccc1. The van der Waals surface area contributed by atoms with E-state index in [-0.39, 0.29) is 23.9 Å². The van der Waals surface area contributed by atoms with Gasteiger partial charge < -0.3 is 15.3 Å². The number of hydrogen-bond donors (Lipinski definition) is 2. The molecular formula is C27H39N5O3. The zero-order chi connectivity index (χ0) is 24.8. The number of nitrogens with one attached hydrogen (secondary N) is 1. The molecule has 2 fully saturated rings. The monoisotopic (exact) mass is 481 g/mol. The van der Waals surface area contributed by atoms with Crippen molar-refractivity contribution < 1.29 is 9.90 Å². The van der Waals surface area contributed by atoms with Crippen LogP contribution in [0.1, 0.15) is 57.4 Å². The van der Waals surface area contributed by atoms with Crippen LogP contribution < -0.4 is 10.9 Å². The molecule has 2 aromatic rings. The molecule has 1 amide bonds. The van der Waals surface area contributed by atoms with Crippen molar-refractivity contribution in [2.45, 2.75) is 70.1 Å². The van der Waals surface area contributed by atoms with E-state index in [0.29, 0.717) is 44.2 Å². The predicted octanol–water partition coefficient (Wildman–Crippen LogP) is 2.69. The van der Waals surface area contributed by atoms with Crippen molar-refractivity contribution in [3.63, 3.8) is 0 Å².